The van der Waals surface area contributed by atoms with Gasteiger partial charge in [-0.3, -0.25) is 0 Å². The van der Waals surface area contributed by atoms with Gasteiger partial charge in [-0.15, -0.1) is 13.2 Å². The molecule has 2 amide bonds. The predicted octanol–water partition coefficient (Wildman–Crippen LogP) is 1.02. The molecule has 0 heterocycles. The number of nitrogens with zero attached hydrogens (tertiary/aromatic N) is 1. The Hall–Kier alpha value is -1.29. The summed E-state index contributed by atoms with van der Waals surface area (Å²) in [7, 11) is 1.59. The molecule has 0 saturated heterocycles. The standard InChI is InChI=1S/C10H18N2O2/c1-4-7-12(8-5-2)10(13)11-6-9-14-3/h4-5H,1-2,6-9H2,3H3,(H,11,13). The summed E-state index contributed by atoms with van der Waals surface area (Å²) in [6, 6.07) is -0.123. The number of methoxy groups -OCH3 is 1. The van der Waals surface area contributed by atoms with Gasteiger partial charge < -0.3 is 15.0 Å². The largest absolute Gasteiger partial charge is 0.383 e. The van der Waals surface area contributed by atoms with Gasteiger partial charge in [0.25, 0.3) is 0 Å². The van der Waals surface area contributed by atoms with Gasteiger partial charge in [0.2, 0.25) is 0 Å². The van der Waals surface area contributed by atoms with Crippen LogP contribution in [0.4, 0.5) is 4.79 Å². The zero-order valence-electron chi connectivity index (χ0n) is 8.66. The minimum atomic E-state index is -0.123. The number of hydrogen-bond donors (Lipinski definition) is 1. The molecule has 0 fully saturated rings. The van der Waals surface area contributed by atoms with Gasteiger partial charge in [0.15, 0.2) is 0 Å². The summed E-state index contributed by atoms with van der Waals surface area (Å²) in [6.45, 7) is 9.23. The van der Waals surface area contributed by atoms with Crippen LogP contribution in [0.15, 0.2) is 25.3 Å². The SMILES string of the molecule is C=CCN(CC=C)C(=O)NCCOC. The van der Waals surface area contributed by atoms with Crippen molar-refractivity contribution < 1.29 is 9.53 Å². The van der Waals surface area contributed by atoms with Crippen molar-refractivity contribution in [3.05, 3.63) is 25.3 Å². The van der Waals surface area contributed by atoms with E-state index in [4.69, 9.17) is 4.74 Å². The van der Waals surface area contributed by atoms with Gasteiger partial charge in [-0.2, -0.15) is 0 Å². The summed E-state index contributed by atoms with van der Waals surface area (Å²) in [5.41, 5.74) is 0. The van der Waals surface area contributed by atoms with E-state index in [-0.39, 0.29) is 6.03 Å². The summed E-state index contributed by atoms with van der Waals surface area (Å²) < 4.78 is 4.82. The molecule has 0 aliphatic rings. The highest BCUT2D eigenvalue weighted by Crippen LogP contribution is 1.90. The fourth-order valence-electron chi connectivity index (χ4n) is 0.924. The van der Waals surface area contributed by atoms with Gasteiger partial charge >= 0.3 is 6.03 Å². The summed E-state index contributed by atoms with van der Waals surface area (Å²) in [4.78, 5) is 13.1. The number of ether oxygens (including phenoxy) is 1. The second-order valence-electron chi connectivity index (χ2n) is 2.71. The van der Waals surface area contributed by atoms with Crippen LogP contribution in [0.25, 0.3) is 0 Å². The lowest BCUT2D eigenvalue weighted by Crippen LogP contribution is -2.41. The fourth-order valence-corrected chi connectivity index (χ4v) is 0.924. The number of amides is 2. The third-order valence-corrected chi connectivity index (χ3v) is 1.57. The van der Waals surface area contributed by atoms with Gasteiger partial charge in [-0.1, -0.05) is 12.2 Å². The number of nitrogens with one attached hydrogen (secondary N) is 1. The second-order valence-corrected chi connectivity index (χ2v) is 2.71. The average molecular weight is 198 g/mol. The zero-order valence-corrected chi connectivity index (χ0v) is 8.66. The first-order valence-corrected chi connectivity index (χ1v) is 4.49. The summed E-state index contributed by atoms with van der Waals surface area (Å²) in [6.07, 6.45) is 3.36. The van der Waals surface area contributed by atoms with E-state index in [2.05, 4.69) is 18.5 Å². The average Bonchev–Trinajstić information content (AvgIpc) is 2.18. The molecule has 4 heteroatoms. The molecule has 0 spiro atoms. The van der Waals surface area contributed by atoms with E-state index in [1.165, 1.54) is 0 Å². The van der Waals surface area contributed by atoms with Crippen molar-refractivity contribution in [1.29, 1.82) is 0 Å². The molecule has 0 radical (unpaired) electrons. The van der Waals surface area contributed by atoms with Crippen molar-refractivity contribution in [2.75, 3.05) is 33.4 Å². The molecular weight excluding hydrogens is 180 g/mol. The maximum absolute atomic E-state index is 11.5. The minimum absolute atomic E-state index is 0.123. The Morgan fingerprint density at radius 3 is 2.43 bits per heavy atom. The van der Waals surface area contributed by atoms with Crippen LogP contribution in [-0.4, -0.2) is 44.3 Å². The smallest absolute Gasteiger partial charge is 0.318 e. The number of carbonyl (C=O) groups excluding carboxylic acids is 1. The molecule has 0 bridgehead atoms. The molecule has 14 heavy (non-hydrogen) atoms. The fraction of sp³-hybridized carbons (Fsp3) is 0.500. The van der Waals surface area contributed by atoms with Crippen LogP contribution in [0.2, 0.25) is 0 Å². The second kappa shape index (κ2) is 8.31. The molecule has 0 unspecified atom stereocenters. The molecule has 1 N–H and O–H groups in total. The lowest BCUT2D eigenvalue weighted by atomic mass is 10.4. The molecule has 80 valence electrons. The van der Waals surface area contributed by atoms with E-state index in [9.17, 15) is 4.79 Å². The maximum atomic E-state index is 11.5. The van der Waals surface area contributed by atoms with Crippen LogP contribution in [0.3, 0.4) is 0 Å². The van der Waals surface area contributed by atoms with Crippen molar-refractivity contribution in [3.63, 3.8) is 0 Å². The Kier molecular flexibility index (Phi) is 7.55. The van der Waals surface area contributed by atoms with Crippen LogP contribution in [0, 0.1) is 0 Å². The Balaban J connectivity index is 3.87. The van der Waals surface area contributed by atoms with Gasteiger partial charge in [0.1, 0.15) is 0 Å². The summed E-state index contributed by atoms with van der Waals surface area (Å²) in [5, 5.41) is 2.72. The monoisotopic (exact) mass is 198 g/mol. The van der Waals surface area contributed by atoms with E-state index in [0.717, 1.165) is 0 Å². The molecule has 4 nitrogen and oxygen atoms in total. The van der Waals surface area contributed by atoms with Crippen LogP contribution >= 0.6 is 0 Å². The van der Waals surface area contributed by atoms with Gasteiger partial charge in [0, 0.05) is 26.7 Å². The van der Waals surface area contributed by atoms with E-state index >= 15 is 0 Å². The van der Waals surface area contributed by atoms with Crippen molar-refractivity contribution in [2.24, 2.45) is 0 Å². The van der Waals surface area contributed by atoms with E-state index in [1.54, 1.807) is 24.2 Å². The molecule has 0 aromatic carbocycles. The molecule has 0 aliphatic heterocycles. The minimum Gasteiger partial charge on any atom is -0.383 e. The van der Waals surface area contributed by atoms with Gasteiger partial charge in [-0.25, -0.2) is 4.79 Å². The zero-order chi connectivity index (χ0) is 10.8. The number of hydrogen-bond acceptors (Lipinski definition) is 2. The topological polar surface area (TPSA) is 41.6 Å². The van der Waals surface area contributed by atoms with Crippen molar-refractivity contribution in [3.8, 4) is 0 Å². The van der Waals surface area contributed by atoms with Crippen LogP contribution in [0.5, 0.6) is 0 Å². The number of urea groups is 1. The Morgan fingerprint density at radius 2 is 2.00 bits per heavy atom. The van der Waals surface area contributed by atoms with Crippen LogP contribution in [-0.2, 0) is 4.74 Å². The molecule has 0 saturated carbocycles. The lowest BCUT2D eigenvalue weighted by Gasteiger charge is -2.19. The highest BCUT2D eigenvalue weighted by Gasteiger charge is 2.08. The van der Waals surface area contributed by atoms with Gasteiger partial charge in [0.05, 0.1) is 6.61 Å². The first-order chi connectivity index (χ1) is 6.76. The van der Waals surface area contributed by atoms with E-state index in [0.29, 0.717) is 26.2 Å². The highest BCUT2D eigenvalue weighted by molar-refractivity contribution is 5.74. The Morgan fingerprint density at radius 1 is 1.43 bits per heavy atom. The maximum Gasteiger partial charge on any atom is 0.318 e. The first kappa shape index (κ1) is 12.7. The number of carbonyl (C=O) groups is 1. The normalized spacial score (nSPS) is 9.21. The Bertz CT molecular complexity index is 183. The first-order valence-electron chi connectivity index (χ1n) is 4.49. The summed E-state index contributed by atoms with van der Waals surface area (Å²) >= 11 is 0. The molecule has 0 aromatic heterocycles. The van der Waals surface area contributed by atoms with E-state index in [1.807, 2.05) is 0 Å². The van der Waals surface area contributed by atoms with E-state index < -0.39 is 0 Å². The summed E-state index contributed by atoms with van der Waals surface area (Å²) in [5.74, 6) is 0. The molecule has 0 rings (SSSR count). The highest BCUT2D eigenvalue weighted by atomic mass is 16.5. The lowest BCUT2D eigenvalue weighted by molar-refractivity contribution is 0.185. The molecule has 0 aromatic rings. The third-order valence-electron chi connectivity index (χ3n) is 1.57. The quantitative estimate of drug-likeness (QED) is 0.490. The third kappa shape index (κ3) is 5.37. The van der Waals surface area contributed by atoms with Crippen molar-refractivity contribution in [2.45, 2.75) is 0 Å². The molecule has 0 aliphatic carbocycles. The molecular formula is C10H18N2O2. The Labute approximate surface area is 85.2 Å². The predicted molar refractivity (Wildman–Crippen MR) is 57.2 cm³/mol. The van der Waals surface area contributed by atoms with Crippen molar-refractivity contribution in [1.82, 2.24) is 10.2 Å². The van der Waals surface area contributed by atoms with Gasteiger partial charge in [-0.05, 0) is 0 Å². The molecule has 0 atom stereocenters. The van der Waals surface area contributed by atoms with Crippen molar-refractivity contribution >= 4 is 6.03 Å². The van der Waals surface area contributed by atoms with Crippen LogP contribution in [0.1, 0.15) is 0 Å². The number of rotatable bonds is 7. The van der Waals surface area contributed by atoms with Crippen LogP contribution < -0.4 is 5.32 Å².